The molecule has 10 heteroatoms. The molecular weight excluding hydrogens is 467 g/mol. The summed E-state index contributed by atoms with van der Waals surface area (Å²) in [5.74, 6) is -2.98. The molecule has 0 atom stereocenters. The Hall–Kier alpha value is -4.24. The Morgan fingerprint density at radius 1 is 0.941 bits per heavy atom. The summed E-state index contributed by atoms with van der Waals surface area (Å²) < 4.78 is 43.5. The molecule has 0 spiro atoms. The van der Waals surface area contributed by atoms with Crippen molar-refractivity contribution in [2.24, 2.45) is 0 Å². The van der Waals surface area contributed by atoms with Gasteiger partial charge in [-0.1, -0.05) is 18.2 Å². The van der Waals surface area contributed by atoms with E-state index in [1.54, 1.807) is 22.6 Å². The molecular formula is C24H13ClF3N5O. The number of aromatic nitrogens is 4. The van der Waals surface area contributed by atoms with Crippen LogP contribution in [0.4, 0.5) is 18.9 Å². The highest BCUT2D eigenvalue weighted by Crippen LogP contribution is 2.33. The zero-order valence-corrected chi connectivity index (χ0v) is 17.9. The first-order valence-corrected chi connectivity index (χ1v) is 10.3. The van der Waals surface area contributed by atoms with Crippen LogP contribution in [-0.2, 0) is 0 Å². The number of carbonyl (C=O) groups is 1. The fourth-order valence-electron chi connectivity index (χ4n) is 3.54. The number of hydrogen-bond donors (Lipinski definition) is 1. The molecule has 0 aliphatic carbocycles. The van der Waals surface area contributed by atoms with Crippen LogP contribution in [0.2, 0.25) is 5.28 Å². The van der Waals surface area contributed by atoms with Gasteiger partial charge in [0.15, 0.2) is 0 Å². The second-order valence-corrected chi connectivity index (χ2v) is 7.56. The van der Waals surface area contributed by atoms with E-state index < -0.39 is 29.0 Å². The predicted octanol–water partition coefficient (Wildman–Crippen LogP) is 5.78. The Morgan fingerprint density at radius 3 is 2.47 bits per heavy atom. The number of halogens is 4. The van der Waals surface area contributed by atoms with E-state index in [0.29, 0.717) is 28.3 Å². The molecule has 3 aromatic heterocycles. The van der Waals surface area contributed by atoms with Crippen molar-refractivity contribution in [3.05, 3.63) is 101 Å². The standard InChI is InChI=1S/C24H13ClF3N5O/c25-24-29-9-7-18(30-24)22-20(31-19-12-15(26)8-10-33(19)22)13-3-1-4-14(11-13)23(34)32-21-16(27)5-2-6-17(21)28/h1-12H,(H,32,34). The van der Waals surface area contributed by atoms with Crippen molar-refractivity contribution in [2.45, 2.75) is 0 Å². The molecule has 0 fully saturated rings. The molecule has 0 aliphatic rings. The third kappa shape index (κ3) is 3.97. The SMILES string of the molecule is O=C(Nc1c(F)cccc1F)c1cccc(-c2nc3cc(F)ccn3c2-c2ccnc(Cl)n2)c1. The normalized spacial score (nSPS) is 11.1. The Kier molecular flexibility index (Phi) is 5.46. The summed E-state index contributed by atoms with van der Waals surface area (Å²) in [6.07, 6.45) is 2.98. The Morgan fingerprint density at radius 2 is 1.71 bits per heavy atom. The number of pyridine rings is 1. The lowest BCUT2D eigenvalue weighted by Gasteiger charge is -2.09. The summed E-state index contributed by atoms with van der Waals surface area (Å²) in [4.78, 5) is 25.4. The fourth-order valence-corrected chi connectivity index (χ4v) is 3.69. The molecule has 2 aromatic carbocycles. The largest absolute Gasteiger partial charge is 0.317 e. The summed E-state index contributed by atoms with van der Waals surface area (Å²) in [5.41, 5.74) is 1.72. The third-order valence-corrected chi connectivity index (χ3v) is 5.24. The average Bonchev–Trinajstić information content (AvgIpc) is 3.20. The first-order valence-electron chi connectivity index (χ1n) is 9.93. The van der Waals surface area contributed by atoms with Gasteiger partial charge in [0.2, 0.25) is 5.28 Å². The van der Waals surface area contributed by atoms with Crippen LogP contribution in [0.1, 0.15) is 10.4 Å². The van der Waals surface area contributed by atoms with E-state index in [2.05, 4.69) is 20.3 Å². The maximum atomic E-state index is 14.0. The second kappa shape index (κ2) is 8.60. The number of anilines is 1. The molecule has 0 unspecified atom stereocenters. The molecule has 168 valence electrons. The van der Waals surface area contributed by atoms with Gasteiger partial charge in [0.25, 0.3) is 5.91 Å². The minimum absolute atomic E-state index is 0.0144. The minimum atomic E-state index is -0.894. The van der Waals surface area contributed by atoms with Crippen LogP contribution in [-0.4, -0.2) is 25.3 Å². The van der Waals surface area contributed by atoms with Crippen LogP contribution in [0.15, 0.2) is 73.1 Å². The topological polar surface area (TPSA) is 72.2 Å². The Balaban J connectivity index is 1.62. The fraction of sp³-hybridized carbons (Fsp3) is 0. The van der Waals surface area contributed by atoms with Crippen LogP contribution in [0.25, 0.3) is 28.3 Å². The van der Waals surface area contributed by atoms with Crippen molar-refractivity contribution in [2.75, 3.05) is 5.32 Å². The number of nitrogens with one attached hydrogen (secondary N) is 1. The number of benzene rings is 2. The molecule has 0 saturated heterocycles. The molecule has 6 nitrogen and oxygen atoms in total. The first kappa shape index (κ1) is 21.6. The molecule has 5 rings (SSSR count). The molecule has 34 heavy (non-hydrogen) atoms. The van der Waals surface area contributed by atoms with Crippen molar-refractivity contribution in [3.8, 4) is 22.6 Å². The maximum Gasteiger partial charge on any atom is 0.255 e. The van der Waals surface area contributed by atoms with E-state index in [0.717, 1.165) is 12.1 Å². The van der Waals surface area contributed by atoms with Gasteiger partial charge in [-0.05, 0) is 48.0 Å². The summed E-state index contributed by atoms with van der Waals surface area (Å²) in [7, 11) is 0. The molecule has 1 N–H and O–H groups in total. The lowest BCUT2D eigenvalue weighted by Crippen LogP contribution is -2.14. The van der Waals surface area contributed by atoms with Crippen molar-refractivity contribution in [1.82, 2.24) is 19.4 Å². The van der Waals surface area contributed by atoms with Gasteiger partial charge in [0, 0.05) is 29.6 Å². The quantitative estimate of drug-likeness (QED) is 0.332. The van der Waals surface area contributed by atoms with Crippen LogP contribution in [0.3, 0.4) is 0 Å². The zero-order chi connectivity index (χ0) is 23.8. The molecule has 5 aromatic rings. The Labute approximate surface area is 195 Å². The van der Waals surface area contributed by atoms with Crippen molar-refractivity contribution in [3.63, 3.8) is 0 Å². The van der Waals surface area contributed by atoms with Gasteiger partial charge < -0.3 is 5.32 Å². The van der Waals surface area contributed by atoms with Crippen molar-refractivity contribution in [1.29, 1.82) is 0 Å². The number of hydrogen-bond acceptors (Lipinski definition) is 4. The zero-order valence-electron chi connectivity index (χ0n) is 17.1. The number of fused-ring (bicyclic) bond motifs is 1. The summed E-state index contributed by atoms with van der Waals surface area (Å²) in [6.45, 7) is 0. The number of amides is 1. The van der Waals surface area contributed by atoms with Crippen LogP contribution in [0.5, 0.6) is 0 Å². The van der Waals surface area contributed by atoms with Crippen LogP contribution < -0.4 is 5.32 Å². The molecule has 0 aliphatic heterocycles. The third-order valence-electron chi connectivity index (χ3n) is 5.06. The van der Waals surface area contributed by atoms with Gasteiger partial charge in [-0.25, -0.2) is 28.1 Å². The molecule has 0 bridgehead atoms. The lowest BCUT2D eigenvalue weighted by molar-refractivity contribution is 0.102. The predicted molar refractivity (Wildman–Crippen MR) is 121 cm³/mol. The first-order chi connectivity index (χ1) is 16.4. The number of para-hydroxylation sites is 1. The van der Waals surface area contributed by atoms with E-state index in [4.69, 9.17) is 11.6 Å². The highest BCUT2D eigenvalue weighted by molar-refractivity contribution is 6.28. The number of imidazole rings is 1. The van der Waals surface area contributed by atoms with Gasteiger partial charge >= 0.3 is 0 Å². The second-order valence-electron chi connectivity index (χ2n) is 7.22. The van der Waals surface area contributed by atoms with Gasteiger partial charge in [-0.15, -0.1) is 0 Å². The number of rotatable bonds is 4. The van der Waals surface area contributed by atoms with Gasteiger partial charge in [0.1, 0.15) is 28.8 Å². The molecule has 0 saturated carbocycles. The minimum Gasteiger partial charge on any atom is -0.317 e. The van der Waals surface area contributed by atoms with E-state index in [-0.39, 0.29) is 10.8 Å². The maximum absolute atomic E-state index is 14.0. The smallest absolute Gasteiger partial charge is 0.255 e. The highest BCUT2D eigenvalue weighted by Gasteiger charge is 2.20. The highest BCUT2D eigenvalue weighted by atomic mass is 35.5. The van der Waals surface area contributed by atoms with E-state index >= 15 is 0 Å². The summed E-state index contributed by atoms with van der Waals surface area (Å²) in [5, 5.41) is 2.27. The number of nitrogens with zero attached hydrogens (tertiary/aromatic N) is 4. The van der Waals surface area contributed by atoms with E-state index in [1.165, 1.54) is 42.7 Å². The lowest BCUT2D eigenvalue weighted by atomic mass is 10.0. The monoisotopic (exact) mass is 479 g/mol. The molecule has 0 radical (unpaired) electrons. The van der Waals surface area contributed by atoms with Crippen LogP contribution >= 0.6 is 11.6 Å². The van der Waals surface area contributed by atoms with Crippen molar-refractivity contribution < 1.29 is 18.0 Å². The average molecular weight is 480 g/mol. The van der Waals surface area contributed by atoms with Crippen molar-refractivity contribution >= 4 is 28.8 Å². The Bertz CT molecular complexity index is 1550. The molecule has 3 heterocycles. The van der Waals surface area contributed by atoms with E-state index in [1.807, 2.05) is 0 Å². The van der Waals surface area contributed by atoms with Gasteiger partial charge in [-0.3, -0.25) is 9.20 Å². The summed E-state index contributed by atoms with van der Waals surface area (Å²) >= 11 is 5.98. The van der Waals surface area contributed by atoms with Crippen LogP contribution in [0, 0.1) is 17.5 Å². The van der Waals surface area contributed by atoms with E-state index in [9.17, 15) is 18.0 Å². The summed E-state index contributed by atoms with van der Waals surface area (Å²) in [6, 6.07) is 13.8. The number of carbonyl (C=O) groups excluding carboxylic acids is 1. The van der Waals surface area contributed by atoms with Gasteiger partial charge in [-0.2, -0.15) is 0 Å². The van der Waals surface area contributed by atoms with Gasteiger partial charge in [0.05, 0.1) is 17.1 Å². The molecule has 1 amide bonds.